The molecule has 1 amide bonds. The molecule has 0 aliphatic rings. The summed E-state index contributed by atoms with van der Waals surface area (Å²) in [4.78, 5) is 10.6. The van der Waals surface area contributed by atoms with Crippen LogP contribution in [0, 0.1) is 0 Å². The molecule has 16 heavy (non-hydrogen) atoms. The number of hydrogen-bond donors (Lipinski definition) is 1. The zero-order valence-electron chi connectivity index (χ0n) is 9.29. The van der Waals surface area contributed by atoms with Crippen molar-refractivity contribution in [2.75, 3.05) is 13.7 Å². The van der Waals surface area contributed by atoms with Crippen molar-refractivity contribution in [1.29, 1.82) is 0 Å². The van der Waals surface area contributed by atoms with Crippen molar-refractivity contribution >= 4 is 23.6 Å². The van der Waals surface area contributed by atoms with Crippen LogP contribution in [0.15, 0.2) is 24.3 Å². The van der Waals surface area contributed by atoms with Gasteiger partial charge in [-0.3, -0.25) is 4.79 Å². The maximum atomic E-state index is 10.6. The standard InChI is InChI=1S/C12H14ClNO2/c1-9(15)14-5-3-4-10-6-11(13)8-12(7-10)16-2/h3-4,6-8H,5H2,1-2H3,(H,14,15). The van der Waals surface area contributed by atoms with E-state index in [1.165, 1.54) is 6.92 Å². The quantitative estimate of drug-likeness (QED) is 0.877. The monoisotopic (exact) mass is 239 g/mol. The van der Waals surface area contributed by atoms with Crippen molar-refractivity contribution in [3.05, 3.63) is 34.9 Å². The van der Waals surface area contributed by atoms with Gasteiger partial charge in [0.2, 0.25) is 5.91 Å². The average molecular weight is 240 g/mol. The third-order valence-corrected chi connectivity index (χ3v) is 2.13. The minimum Gasteiger partial charge on any atom is -0.497 e. The Labute approximate surface area is 100 Å². The highest BCUT2D eigenvalue weighted by molar-refractivity contribution is 6.30. The lowest BCUT2D eigenvalue weighted by Gasteiger charge is -2.02. The van der Waals surface area contributed by atoms with E-state index in [0.29, 0.717) is 17.3 Å². The zero-order valence-corrected chi connectivity index (χ0v) is 10.0. The van der Waals surface area contributed by atoms with Crippen molar-refractivity contribution in [3.63, 3.8) is 0 Å². The van der Waals surface area contributed by atoms with Crippen LogP contribution < -0.4 is 10.1 Å². The van der Waals surface area contributed by atoms with Crippen molar-refractivity contribution in [1.82, 2.24) is 5.32 Å². The fraction of sp³-hybridized carbons (Fsp3) is 0.250. The molecule has 0 aliphatic carbocycles. The summed E-state index contributed by atoms with van der Waals surface area (Å²) in [6.07, 6.45) is 3.73. The lowest BCUT2D eigenvalue weighted by molar-refractivity contribution is -0.118. The number of carbonyl (C=O) groups is 1. The van der Waals surface area contributed by atoms with Crippen LogP contribution in [0.5, 0.6) is 5.75 Å². The molecule has 0 saturated heterocycles. The highest BCUT2D eigenvalue weighted by Gasteiger charge is 1.96. The summed E-state index contributed by atoms with van der Waals surface area (Å²) in [5, 5.41) is 3.29. The molecule has 4 heteroatoms. The molecular weight excluding hydrogens is 226 g/mol. The fourth-order valence-electron chi connectivity index (χ4n) is 1.20. The number of halogens is 1. The molecule has 1 aromatic rings. The number of hydrogen-bond acceptors (Lipinski definition) is 2. The summed E-state index contributed by atoms with van der Waals surface area (Å²) >= 11 is 5.91. The topological polar surface area (TPSA) is 38.3 Å². The molecule has 0 unspecified atom stereocenters. The fourth-order valence-corrected chi connectivity index (χ4v) is 1.43. The van der Waals surface area contributed by atoms with Gasteiger partial charge in [-0.1, -0.05) is 23.8 Å². The van der Waals surface area contributed by atoms with Crippen molar-refractivity contribution < 1.29 is 9.53 Å². The number of carbonyl (C=O) groups excluding carboxylic acids is 1. The first-order valence-corrected chi connectivity index (χ1v) is 5.25. The molecule has 0 spiro atoms. The SMILES string of the molecule is COc1cc(Cl)cc(C=CCNC(C)=O)c1. The molecule has 0 aliphatic heterocycles. The van der Waals surface area contributed by atoms with Crippen LogP contribution in [0.1, 0.15) is 12.5 Å². The van der Waals surface area contributed by atoms with E-state index in [4.69, 9.17) is 16.3 Å². The number of amides is 1. The molecule has 0 saturated carbocycles. The first kappa shape index (κ1) is 12.6. The Morgan fingerprint density at radius 2 is 2.25 bits per heavy atom. The third kappa shape index (κ3) is 4.36. The maximum absolute atomic E-state index is 10.6. The maximum Gasteiger partial charge on any atom is 0.217 e. The highest BCUT2D eigenvalue weighted by Crippen LogP contribution is 2.21. The van der Waals surface area contributed by atoms with Gasteiger partial charge in [0.05, 0.1) is 7.11 Å². The molecular formula is C12H14ClNO2. The first-order chi connectivity index (χ1) is 7.61. The number of benzene rings is 1. The molecule has 0 aromatic heterocycles. The third-order valence-electron chi connectivity index (χ3n) is 1.91. The average Bonchev–Trinajstić information content (AvgIpc) is 2.23. The van der Waals surface area contributed by atoms with E-state index in [9.17, 15) is 4.79 Å². The van der Waals surface area contributed by atoms with Crippen LogP contribution in [0.2, 0.25) is 5.02 Å². The van der Waals surface area contributed by atoms with Gasteiger partial charge in [-0.25, -0.2) is 0 Å². The Kier molecular flexibility index (Phi) is 4.86. The van der Waals surface area contributed by atoms with Crippen molar-refractivity contribution in [2.45, 2.75) is 6.92 Å². The Balaban J connectivity index is 2.65. The summed E-state index contributed by atoms with van der Waals surface area (Å²) < 4.78 is 5.09. The minimum absolute atomic E-state index is 0.0478. The second kappa shape index (κ2) is 6.18. The summed E-state index contributed by atoms with van der Waals surface area (Å²) in [6, 6.07) is 5.44. The zero-order chi connectivity index (χ0) is 12.0. The molecule has 0 bridgehead atoms. The van der Waals surface area contributed by atoms with Gasteiger partial charge in [-0.05, 0) is 23.8 Å². The Morgan fingerprint density at radius 1 is 1.50 bits per heavy atom. The van der Waals surface area contributed by atoms with Crippen LogP contribution in [-0.2, 0) is 4.79 Å². The van der Waals surface area contributed by atoms with Gasteiger partial charge in [0.1, 0.15) is 5.75 Å². The molecule has 1 rings (SSSR count). The van der Waals surface area contributed by atoms with Gasteiger partial charge in [0, 0.05) is 18.5 Å². The Bertz CT molecular complexity index is 402. The van der Waals surface area contributed by atoms with Crippen LogP contribution in [-0.4, -0.2) is 19.6 Å². The number of nitrogens with one attached hydrogen (secondary N) is 1. The molecule has 86 valence electrons. The van der Waals surface area contributed by atoms with Gasteiger partial charge >= 0.3 is 0 Å². The lowest BCUT2D eigenvalue weighted by Crippen LogP contribution is -2.19. The van der Waals surface area contributed by atoms with Crippen molar-refractivity contribution in [2.24, 2.45) is 0 Å². The molecule has 1 aromatic carbocycles. The second-order valence-corrected chi connectivity index (χ2v) is 3.70. The van der Waals surface area contributed by atoms with Crippen molar-refractivity contribution in [3.8, 4) is 5.75 Å². The Morgan fingerprint density at radius 3 is 2.88 bits per heavy atom. The Hall–Kier alpha value is -1.48. The summed E-state index contributed by atoms with van der Waals surface area (Å²) in [5.74, 6) is 0.667. The summed E-state index contributed by atoms with van der Waals surface area (Å²) in [7, 11) is 1.59. The molecule has 0 atom stereocenters. The van der Waals surface area contributed by atoms with Gasteiger partial charge < -0.3 is 10.1 Å². The molecule has 0 heterocycles. The predicted molar refractivity (Wildman–Crippen MR) is 65.7 cm³/mol. The van der Waals surface area contributed by atoms with E-state index in [0.717, 1.165) is 5.56 Å². The lowest BCUT2D eigenvalue weighted by atomic mass is 10.2. The first-order valence-electron chi connectivity index (χ1n) is 4.87. The summed E-state index contributed by atoms with van der Waals surface area (Å²) in [5.41, 5.74) is 0.940. The highest BCUT2D eigenvalue weighted by atomic mass is 35.5. The van der Waals surface area contributed by atoms with Crippen LogP contribution in [0.3, 0.4) is 0 Å². The molecule has 0 fully saturated rings. The molecule has 1 N–H and O–H groups in total. The minimum atomic E-state index is -0.0478. The normalized spacial score (nSPS) is 10.4. The second-order valence-electron chi connectivity index (χ2n) is 3.26. The van der Waals surface area contributed by atoms with E-state index >= 15 is 0 Å². The predicted octanol–water partition coefficient (Wildman–Crippen LogP) is 2.50. The smallest absolute Gasteiger partial charge is 0.217 e. The largest absolute Gasteiger partial charge is 0.497 e. The van der Waals surface area contributed by atoms with Gasteiger partial charge in [-0.2, -0.15) is 0 Å². The van der Waals surface area contributed by atoms with E-state index < -0.39 is 0 Å². The van der Waals surface area contributed by atoms with Gasteiger partial charge in [0.15, 0.2) is 0 Å². The van der Waals surface area contributed by atoms with E-state index in [2.05, 4.69) is 5.32 Å². The van der Waals surface area contributed by atoms with Crippen LogP contribution >= 0.6 is 11.6 Å². The molecule has 0 radical (unpaired) electrons. The van der Waals surface area contributed by atoms with Gasteiger partial charge in [0.25, 0.3) is 0 Å². The van der Waals surface area contributed by atoms with Gasteiger partial charge in [-0.15, -0.1) is 0 Å². The van der Waals surface area contributed by atoms with Crippen LogP contribution in [0.25, 0.3) is 6.08 Å². The van der Waals surface area contributed by atoms with Crippen LogP contribution in [0.4, 0.5) is 0 Å². The van der Waals surface area contributed by atoms with E-state index in [-0.39, 0.29) is 5.91 Å². The number of ether oxygens (including phenoxy) is 1. The summed E-state index contributed by atoms with van der Waals surface area (Å²) in [6.45, 7) is 1.99. The number of methoxy groups -OCH3 is 1. The van der Waals surface area contributed by atoms with E-state index in [1.54, 1.807) is 13.2 Å². The molecule has 3 nitrogen and oxygen atoms in total. The van der Waals surface area contributed by atoms with E-state index in [1.807, 2.05) is 24.3 Å². The number of rotatable bonds is 4.